The van der Waals surface area contributed by atoms with E-state index in [2.05, 4.69) is 5.32 Å². The number of hydrogen-bond donors (Lipinski definition) is 1. The van der Waals surface area contributed by atoms with E-state index in [4.69, 9.17) is 4.74 Å². The van der Waals surface area contributed by atoms with E-state index in [1.807, 2.05) is 0 Å². The van der Waals surface area contributed by atoms with Gasteiger partial charge in [-0.2, -0.15) is 13.2 Å². The van der Waals surface area contributed by atoms with E-state index in [-0.39, 0.29) is 42.7 Å². The molecule has 2 amide bonds. The summed E-state index contributed by atoms with van der Waals surface area (Å²) in [5.74, 6) is -4.34. The molecule has 188 valence electrons. The number of halogens is 6. The van der Waals surface area contributed by atoms with Crippen molar-refractivity contribution in [2.24, 2.45) is 0 Å². The highest BCUT2D eigenvalue weighted by Gasteiger charge is 2.55. The summed E-state index contributed by atoms with van der Waals surface area (Å²) in [5.41, 5.74) is -1.38. The number of ether oxygens (including phenoxy) is 1. The Morgan fingerprint density at radius 1 is 1.17 bits per heavy atom. The molecule has 2 aromatic carbocycles. The van der Waals surface area contributed by atoms with Gasteiger partial charge in [-0.05, 0) is 43.0 Å². The van der Waals surface area contributed by atoms with Crippen molar-refractivity contribution in [3.05, 3.63) is 59.4 Å². The number of hydrogen-bond acceptors (Lipinski definition) is 3. The van der Waals surface area contributed by atoms with Crippen LogP contribution in [0.2, 0.25) is 0 Å². The van der Waals surface area contributed by atoms with Crippen molar-refractivity contribution in [3.63, 3.8) is 0 Å². The van der Waals surface area contributed by atoms with Crippen molar-refractivity contribution in [1.82, 2.24) is 10.2 Å². The Bertz CT molecular complexity index is 1130. The van der Waals surface area contributed by atoms with Crippen LogP contribution in [-0.4, -0.2) is 53.7 Å². The maximum absolute atomic E-state index is 15.6. The maximum atomic E-state index is 15.6. The summed E-state index contributed by atoms with van der Waals surface area (Å²) in [4.78, 5) is 25.9. The number of carbonyl (C=O) groups is 2. The SMILES string of the molecule is CC1CC2(COCC(=O)N2)C(Cc2cccc(-c3cc(F)cc(F)c3)c2F)N1C(=O)CC(F)(F)F. The molecular formula is C24H22F6N2O3. The fraction of sp³-hybridized carbons (Fsp3) is 0.417. The van der Waals surface area contributed by atoms with E-state index >= 15 is 4.39 Å². The summed E-state index contributed by atoms with van der Waals surface area (Å²) in [6.07, 6.45) is -6.60. The van der Waals surface area contributed by atoms with Gasteiger partial charge in [0.15, 0.2) is 0 Å². The number of carbonyl (C=O) groups excluding carboxylic acids is 2. The van der Waals surface area contributed by atoms with Gasteiger partial charge in [-0.3, -0.25) is 9.59 Å². The van der Waals surface area contributed by atoms with E-state index in [0.29, 0.717) is 6.07 Å². The Kier molecular flexibility index (Phi) is 6.56. The van der Waals surface area contributed by atoms with Crippen LogP contribution in [-0.2, 0) is 20.7 Å². The molecule has 2 aliphatic heterocycles. The van der Waals surface area contributed by atoms with E-state index in [1.165, 1.54) is 18.2 Å². The highest BCUT2D eigenvalue weighted by Crippen LogP contribution is 2.39. The van der Waals surface area contributed by atoms with Crippen molar-refractivity contribution in [2.75, 3.05) is 13.2 Å². The molecular weight excluding hydrogens is 478 g/mol. The average Bonchev–Trinajstić information content (AvgIpc) is 2.97. The summed E-state index contributed by atoms with van der Waals surface area (Å²) in [7, 11) is 0. The lowest BCUT2D eigenvalue weighted by atomic mass is 9.84. The van der Waals surface area contributed by atoms with Crippen LogP contribution in [0.3, 0.4) is 0 Å². The standard InChI is InChI=1S/C24H22F6N2O3/c1-13-9-23(12-35-11-20(33)31-23)19(32(13)21(34)10-24(28,29)30)7-14-3-2-4-18(22(14)27)15-5-16(25)8-17(26)6-15/h2-6,8,13,19H,7,9-12H2,1H3,(H,31,33). The van der Waals surface area contributed by atoms with Gasteiger partial charge < -0.3 is 15.0 Å². The number of nitrogens with one attached hydrogen (secondary N) is 1. The minimum absolute atomic E-state index is 0.00951. The largest absolute Gasteiger partial charge is 0.397 e. The Balaban J connectivity index is 1.74. The molecule has 0 bridgehead atoms. The second kappa shape index (κ2) is 9.18. The minimum atomic E-state index is -4.75. The number of likely N-dealkylation sites (tertiary alicyclic amines) is 1. The molecule has 1 N–H and O–H groups in total. The van der Waals surface area contributed by atoms with Crippen LogP contribution in [0.5, 0.6) is 0 Å². The Morgan fingerprint density at radius 2 is 1.86 bits per heavy atom. The zero-order chi connectivity index (χ0) is 25.5. The topological polar surface area (TPSA) is 58.6 Å². The highest BCUT2D eigenvalue weighted by molar-refractivity contribution is 5.81. The van der Waals surface area contributed by atoms with Crippen LogP contribution < -0.4 is 5.32 Å². The van der Waals surface area contributed by atoms with Gasteiger partial charge in [-0.25, -0.2) is 13.2 Å². The second-order valence-corrected chi connectivity index (χ2v) is 9.00. The quantitative estimate of drug-likeness (QED) is 0.643. The zero-order valence-electron chi connectivity index (χ0n) is 18.6. The van der Waals surface area contributed by atoms with Crippen molar-refractivity contribution in [3.8, 4) is 11.1 Å². The number of alkyl halides is 3. The summed E-state index contributed by atoms with van der Waals surface area (Å²) in [6.45, 7) is 1.24. The van der Waals surface area contributed by atoms with Gasteiger partial charge in [0, 0.05) is 17.7 Å². The molecule has 11 heteroatoms. The third-order valence-electron chi connectivity index (χ3n) is 6.39. The average molecular weight is 500 g/mol. The minimum Gasteiger partial charge on any atom is -0.369 e. The van der Waals surface area contributed by atoms with Gasteiger partial charge >= 0.3 is 6.18 Å². The molecule has 0 radical (unpaired) electrons. The molecule has 5 nitrogen and oxygen atoms in total. The predicted octanol–water partition coefficient (Wildman–Crippen LogP) is 4.14. The van der Waals surface area contributed by atoms with Crippen molar-refractivity contribution >= 4 is 11.8 Å². The van der Waals surface area contributed by atoms with Crippen LogP contribution in [0.4, 0.5) is 26.3 Å². The number of benzene rings is 2. The van der Waals surface area contributed by atoms with Crippen molar-refractivity contribution in [2.45, 2.75) is 50.0 Å². The molecule has 2 fully saturated rings. The molecule has 3 atom stereocenters. The molecule has 3 unspecified atom stereocenters. The van der Waals surface area contributed by atoms with Gasteiger partial charge in [0.25, 0.3) is 0 Å². The van der Waals surface area contributed by atoms with Crippen LogP contribution in [0.1, 0.15) is 25.3 Å². The lowest BCUT2D eigenvalue weighted by Crippen LogP contribution is -2.64. The molecule has 35 heavy (non-hydrogen) atoms. The number of morpholine rings is 1. The monoisotopic (exact) mass is 500 g/mol. The van der Waals surface area contributed by atoms with Crippen LogP contribution in [0.15, 0.2) is 36.4 Å². The first-order valence-electron chi connectivity index (χ1n) is 10.9. The third-order valence-corrected chi connectivity index (χ3v) is 6.39. The van der Waals surface area contributed by atoms with Gasteiger partial charge in [0.1, 0.15) is 30.5 Å². The molecule has 2 aliphatic rings. The van der Waals surface area contributed by atoms with Crippen LogP contribution in [0.25, 0.3) is 11.1 Å². The highest BCUT2D eigenvalue weighted by atomic mass is 19.4. The molecule has 1 spiro atoms. The molecule has 2 heterocycles. The predicted molar refractivity (Wildman–Crippen MR) is 113 cm³/mol. The molecule has 0 aromatic heterocycles. The lowest BCUT2D eigenvalue weighted by molar-refractivity contribution is -0.164. The maximum Gasteiger partial charge on any atom is 0.397 e. The summed E-state index contributed by atoms with van der Waals surface area (Å²) < 4.78 is 87.5. The molecule has 0 aliphatic carbocycles. The van der Waals surface area contributed by atoms with Crippen LogP contribution in [0, 0.1) is 17.5 Å². The molecule has 2 aromatic rings. The van der Waals surface area contributed by atoms with Crippen molar-refractivity contribution in [1.29, 1.82) is 0 Å². The van der Waals surface area contributed by atoms with Gasteiger partial charge in [-0.15, -0.1) is 0 Å². The van der Waals surface area contributed by atoms with Crippen LogP contribution >= 0.6 is 0 Å². The smallest absolute Gasteiger partial charge is 0.369 e. The summed E-state index contributed by atoms with van der Waals surface area (Å²) in [6, 6.07) is 4.95. The van der Waals surface area contributed by atoms with Gasteiger partial charge in [-0.1, -0.05) is 18.2 Å². The first kappa shape index (κ1) is 25.0. The number of rotatable bonds is 4. The first-order valence-corrected chi connectivity index (χ1v) is 10.9. The zero-order valence-corrected chi connectivity index (χ0v) is 18.6. The number of amides is 2. The Morgan fingerprint density at radius 3 is 2.49 bits per heavy atom. The second-order valence-electron chi connectivity index (χ2n) is 9.00. The fourth-order valence-electron chi connectivity index (χ4n) is 5.15. The number of nitrogens with zero attached hydrogens (tertiary/aromatic N) is 1. The summed E-state index contributed by atoms with van der Waals surface area (Å²) >= 11 is 0. The lowest BCUT2D eigenvalue weighted by Gasteiger charge is -2.41. The van der Waals surface area contributed by atoms with Gasteiger partial charge in [0.2, 0.25) is 11.8 Å². The fourth-order valence-corrected chi connectivity index (χ4v) is 5.15. The van der Waals surface area contributed by atoms with Crippen molar-refractivity contribution < 1.29 is 40.7 Å². The van der Waals surface area contributed by atoms with E-state index < -0.39 is 59.5 Å². The Hall–Kier alpha value is -3.08. The molecule has 0 saturated carbocycles. The molecule has 4 rings (SSSR count). The Labute approximate surface area is 197 Å². The molecule has 2 saturated heterocycles. The summed E-state index contributed by atoms with van der Waals surface area (Å²) in [5, 5.41) is 2.76. The van der Waals surface area contributed by atoms with E-state index in [0.717, 1.165) is 17.0 Å². The van der Waals surface area contributed by atoms with E-state index in [1.54, 1.807) is 6.92 Å². The third kappa shape index (κ3) is 5.14. The van der Waals surface area contributed by atoms with Gasteiger partial charge in [0.05, 0.1) is 18.2 Å². The normalized spacial score (nSPS) is 24.7. The van der Waals surface area contributed by atoms with E-state index in [9.17, 15) is 31.5 Å². The first-order chi connectivity index (χ1) is 16.4.